The van der Waals surface area contributed by atoms with E-state index in [0.717, 1.165) is 48.9 Å². The highest BCUT2D eigenvalue weighted by Gasteiger charge is 2.16. The van der Waals surface area contributed by atoms with Gasteiger partial charge in [0.15, 0.2) is 11.5 Å². The Bertz CT molecular complexity index is 670. The second-order valence-corrected chi connectivity index (χ2v) is 6.37. The summed E-state index contributed by atoms with van der Waals surface area (Å²) in [5.74, 6) is 3.08. The monoisotopic (exact) mass is 335 g/mol. The summed E-state index contributed by atoms with van der Waals surface area (Å²) >= 11 is 6.27. The number of nitrogens with one attached hydrogen (secondary N) is 1. The Hall–Kier alpha value is -1.72. The predicted molar refractivity (Wildman–Crippen MR) is 90.2 cm³/mol. The van der Waals surface area contributed by atoms with Crippen molar-refractivity contribution >= 4 is 11.6 Å². The van der Waals surface area contributed by atoms with Crippen LogP contribution in [0.15, 0.2) is 24.5 Å². The van der Waals surface area contributed by atoms with E-state index < -0.39 is 0 Å². The molecule has 0 aliphatic carbocycles. The van der Waals surface area contributed by atoms with Gasteiger partial charge in [0.1, 0.15) is 5.82 Å². The normalized spacial score (nSPS) is 13.0. The van der Waals surface area contributed by atoms with E-state index in [-0.39, 0.29) is 6.79 Å². The van der Waals surface area contributed by atoms with Gasteiger partial charge in [-0.25, -0.2) is 4.98 Å². The van der Waals surface area contributed by atoms with Gasteiger partial charge in [-0.2, -0.15) is 0 Å². The van der Waals surface area contributed by atoms with Crippen LogP contribution in [0.3, 0.4) is 0 Å². The third-order valence-electron chi connectivity index (χ3n) is 3.87. The summed E-state index contributed by atoms with van der Waals surface area (Å²) in [5, 5.41) is 4.14. The van der Waals surface area contributed by atoms with Crippen LogP contribution >= 0.6 is 11.6 Å². The van der Waals surface area contributed by atoms with Crippen molar-refractivity contribution in [1.82, 2.24) is 14.9 Å². The van der Waals surface area contributed by atoms with Gasteiger partial charge in [0.25, 0.3) is 0 Å². The lowest BCUT2D eigenvalue weighted by Gasteiger charge is -2.11. The van der Waals surface area contributed by atoms with Crippen LogP contribution < -0.4 is 14.8 Å². The maximum atomic E-state index is 6.27. The summed E-state index contributed by atoms with van der Waals surface area (Å²) in [5.41, 5.74) is 1.03. The summed E-state index contributed by atoms with van der Waals surface area (Å²) in [7, 11) is 0. The van der Waals surface area contributed by atoms with Crippen LogP contribution in [0.4, 0.5) is 0 Å². The van der Waals surface area contributed by atoms with Crippen molar-refractivity contribution in [2.75, 3.05) is 13.3 Å². The quantitative estimate of drug-likeness (QED) is 0.786. The molecule has 0 atom stereocenters. The van der Waals surface area contributed by atoms with Crippen LogP contribution in [-0.2, 0) is 13.1 Å². The number of hydrogen-bond donors (Lipinski definition) is 1. The zero-order valence-corrected chi connectivity index (χ0v) is 14.3. The smallest absolute Gasteiger partial charge is 0.231 e. The maximum Gasteiger partial charge on any atom is 0.231 e. The molecule has 0 saturated carbocycles. The number of fused-ring (bicyclic) bond motifs is 1. The van der Waals surface area contributed by atoms with Crippen LogP contribution in [0.25, 0.3) is 0 Å². The molecule has 2 aromatic rings. The average Bonchev–Trinajstić information content (AvgIpc) is 3.15. The van der Waals surface area contributed by atoms with E-state index in [2.05, 4.69) is 28.7 Å². The number of rotatable bonds is 7. The number of aryl methyl sites for hydroxylation is 1. The fourth-order valence-corrected chi connectivity index (χ4v) is 2.92. The second-order valence-electron chi connectivity index (χ2n) is 5.96. The number of aromatic nitrogens is 2. The predicted octanol–water partition coefficient (Wildman–Crippen LogP) is 3.57. The molecular formula is C17H22ClN3O2. The zero-order chi connectivity index (χ0) is 16.2. The number of nitrogens with zero attached hydrogens (tertiary/aromatic N) is 2. The first-order valence-electron chi connectivity index (χ1n) is 7.95. The molecule has 5 nitrogen and oxygen atoms in total. The molecule has 0 bridgehead atoms. The SMILES string of the molecule is CC(C)c1nccn1CCCNCc1cc2c(cc1Cl)OCO2. The van der Waals surface area contributed by atoms with E-state index in [1.807, 2.05) is 24.5 Å². The van der Waals surface area contributed by atoms with Crippen LogP contribution in [0.5, 0.6) is 11.5 Å². The van der Waals surface area contributed by atoms with Crippen LogP contribution in [0, 0.1) is 0 Å². The fourth-order valence-electron chi connectivity index (χ4n) is 2.70. The van der Waals surface area contributed by atoms with Gasteiger partial charge in [-0.05, 0) is 24.6 Å². The van der Waals surface area contributed by atoms with Gasteiger partial charge >= 0.3 is 0 Å². The molecular weight excluding hydrogens is 314 g/mol. The van der Waals surface area contributed by atoms with Crippen molar-refractivity contribution in [3.05, 3.63) is 40.9 Å². The van der Waals surface area contributed by atoms with E-state index in [9.17, 15) is 0 Å². The molecule has 0 fully saturated rings. The number of imidazole rings is 1. The van der Waals surface area contributed by atoms with Crippen LogP contribution in [0.1, 0.15) is 37.6 Å². The first-order valence-corrected chi connectivity index (χ1v) is 8.32. The topological polar surface area (TPSA) is 48.3 Å². The third kappa shape index (κ3) is 3.79. The van der Waals surface area contributed by atoms with Gasteiger partial charge in [-0.15, -0.1) is 0 Å². The van der Waals surface area contributed by atoms with Crippen LogP contribution in [0.2, 0.25) is 5.02 Å². The minimum absolute atomic E-state index is 0.269. The van der Waals surface area contributed by atoms with E-state index in [0.29, 0.717) is 10.9 Å². The fraction of sp³-hybridized carbons (Fsp3) is 0.471. The van der Waals surface area contributed by atoms with Gasteiger partial charge in [0, 0.05) is 42.5 Å². The summed E-state index contributed by atoms with van der Waals surface area (Å²) in [4.78, 5) is 4.41. The Kier molecular flexibility index (Phi) is 5.08. The molecule has 0 amide bonds. The highest BCUT2D eigenvalue weighted by Crippen LogP contribution is 2.36. The Morgan fingerprint density at radius 2 is 2.09 bits per heavy atom. The van der Waals surface area contributed by atoms with E-state index >= 15 is 0 Å². The number of halogens is 1. The molecule has 1 N–H and O–H groups in total. The number of hydrogen-bond acceptors (Lipinski definition) is 4. The number of benzene rings is 1. The molecule has 1 aromatic carbocycles. The van der Waals surface area contributed by atoms with Crippen molar-refractivity contribution < 1.29 is 9.47 Å². The van der Waals surface area contributed by atoms with Crippen molar-refractivity contribution in [1.29, 1.82) is 0 Å². The highest BCUT2D eigenvalue weighted by atomic mass is 35.5. The molecule has 3 rings (SSSR count). The van der Waals surface area contributed by atoms with Crippen LogP contribution in [-0.4, -0.2) is 22.9 Å². The van der Waals surface area contributed by atoms with Gasteiger partial charge in [-0.1, -0.05) is 25.4 Å². The molecule has 0 radical (unpaired) electrons. The molecule has 6 heteroatoms. The van der Waals surface area contributed by atoms with Crippen molar-refractivity contribution in [3.63, 3.8) is 0 Å². The zero-order valence-electron chi connectivity index (χ0n) is 13.5. The van der Waals surface area contributed by atoms with Gasteiger partial charge < -0.3 is 19.4 Å². The van der Waals surface area contributed by atoms with Gasteiger partial charge in [0.05, 0.1) is 0 Å². The second kappa shape index (κ2) is 7.23. The Labute approximate surface area is 141 Å². The van der Waals surface area contributed by atoms with E-state index in [1.165, 1.54) is 0 Å². The lowest BCUT2D eigenvalue weighted by Crippen LogP contribution is -2.17. The molecule has 0 unspecified atom stereocenters. The molecule has 2 heterocycles. The van der Waals surface area contributed by atoms with Crippen molar-refractivity contribution in [2.24, 2.45) is 0 Å². The third-order valence-corrected chi connectivity index (χ3v) is 4.23. The highest BCUT2D eigenvalue weighted by molar-refractivity contribution is 6.31. The number of ether oxygens (including phenoxy) is 2. The maximum absolute atomic E-state index is 6.27. The lowest BCUT2D eigenvalue weighted by molar-refractivity contribution is 0.174. The first-order chi connectivity index (χ1) is 11.1. The summed E-state index contributed by atoms with van der Waals surface area (Å²) in [6.45, 7) is 7.20. The first kappa shape index (κ1) is 16.1. The molecule has 0 spiro atoms. The summed E-state index contributed by atoms with van der Waals surface area (Å²) in [6, 6.07) is 3.77. The minimum Gasteiger partial charge on any atom is -0.454 e. The standard InChI is InChI=1S/C17H22ClN3O2/c1-12(2)17-20-5-7-21(17)6-3-4-19-10-13-8-15-16(9-14(13)18)23-11-22-15/h5,7-9,12,19H,3-4,6,10-11H2,1-2H3. The average molecular weight is 336 g/mol. The Morgan fingerprint density at radius 1 is 1.30 bits per heavy atom. The molecule has 1 aromatic heterocycles. The van der Waals surface area contributed by atoms with Gasteiger partial charge in [0.2, 0.25) is 6.79 Å². The van der Waals surface area contributed by atoms with Crippen molar-refractivity contribution in [3.8, 4) is 11.5 Å². The van der Waals surface area contributed by atoms with E-state index in [4.69, 9.17) is 21.1 Å². The van der Waals surface area contributed by atoms with E-state index in [1.54, 1.807) is 0 Å². The Morgan fingerprint density at radius 3 is 2.87 bits per heavy atom. The molecule has 0 saturated heterocycles. The summed E-state index contributed by atoms with van der Waals surface area (Å²) < 4.78 is 12.9. The molecule has 1 aliphatic rings. The van der Waals surface area contributed by atoms with Crippen molar-refractivity contribution in [2.45, 2.75) is 39.3 Å². The molecule has 124 valence electrons. The largest absolute Gasteiger partial charge is 0.454 e. The minimum atomic E-state index is 0.269. The molecule has 1 aliphatic heterocycles. The summed E-state index contributed by atoms with van der Waals surface area (Å²) in [6.07, 6.45) is 4.96. The van der Waals surface area contributed by atoms with Gasteiger partial charge in [-0.3, -0.25) is 0 Å². The lowest BCUT2D eigenvalue weighted by atomic mass is 10.2. The Balaban J connectivity index is 1.46. The molecule has 23 heavy (non-hydrogen) atoms.